The summed E-state index contributed by atoms with van der Waals surface area (Å²) >= 11 is 1.28. The van der Waals surface area contributed by atoms with Gasteiger partial charge in [0.25, 0.3) is 0 Å². The van der Waals surface area contributed by atoms with Gasteiger partial charge in [0.15, 0.2) is 0 Å². The summed E-state index contributed by atoms with van der Waals surface area (Å²) < 4.78 is 47.6. The fraction of sp³-hybridized carbons (Fsp3) is 0.118. The summed E-state index contributed by atoms with van der Waals surface area (Å²) in [4.78, 5) is 5.12. The first kappa shape index (κ1) is 15.1. The Labute approximate surface area is 140 Å². The SMILES string of the molecule is COc1ccnc2c3c(ccc12)-c1cc(C(F)(F)F)ccc1SN3. The highest BCUT2D eigenvalue weighted by Crippen LogP contribution is 2.47. The second-order valence-electron chi connectivity index (χ2n) is 5.31. The number of pyridine rings is 1. The lowest BCUT2D eigenvalue weighted by molar-refractivity contribution is -0.137. The third kappa shape index (κ3) is 2.27. The first-order valence-electron chi connectivity index (χ1n) is 7.09. The second kappa shape index (κ2) is 5.31. The predicted octanol–water partition coefficient (Wildman–Crippen LogP) is 5.36. The fourth-order valence-electron chi connectivity index (χ4n) is 2.81. The Morgan fingerprint density at radius 3 is 2.67 bits per heavy atom. The van der Waals surface area contributed by atoms with E-state index in [1.807, 2.05) is 6.07 Å². The molecule has 3 aromatic rings. The van der Waals surface area contributed by atoms with Crippen LogP contribution < -0.4 is 9.46 Å². The lowest BCUT2D eigenvalue weighted by Gasteiger charge is -2.23. The van der Waals surface area contributed by atoms with Gasteiger partial charge in [-0.25, -0.2) is 0 Å². The van der Waals surface area contributed by atoms with Crippen LogP contribution in [-0.4, -0.2) is 12.1 Å². The van der Waals surface area contributed by atoms with Gasteiger partial charge < -0.3 is 9.46 Å². The normalized spacial score (nSPS) is 13.2. The number of fused-ring (bicyclic) bond motifs is 5. The smallest absolute Gasteiger partial charge is 0.416 e. The Balaban J connectivity index is 1.97. The van der Waals surface area contributed by atoms with Crippen LogP contribution in [0.4, 0.5) is 18.9 Å². The number of halogens is 3. The maximum absolute atomic E-state index is 13.0. The van der Waals surface area contributed by atoms with Gasteiger partial charge in [-0.05, 0) is 47.8 Å². The predicted molar refractivity (Wildman–Crippen MR) is 88.2 cm³/mol. The molecular formula is C17H11F3N2OS. The number of rotatable bonds is 1. The van der Waals surface area contributed by atoms with E-state index in [-0.39, 0.29) is 0 Å². The van der Waals surface area contributed by atoms with E-state index in [0.717, 1.165) is 16.3 Å². The maximum atomic E-state index is 13.0. The van der Waals surface area contributed by atoms with Gasteiger partial charge in [0, 0.05) is 22.0 Å². The van der Waals surface area contributed by atoms with E-state index in [2.05, 4.69) is 9.71 Å². The van der Waals surface area contributed by atoms with Crippen molar-refractivity contribution >= 4 is 28.5 Å². The van der Waals surface area contributed by atoms with E-state index in [4.69, 9.17) is 4.74 Å². The van der Waals surface area contributed by atoms with Crippen LogP contribution in [0.15, 0.2) is 47.5 Å². The van der Waals surface area contributed by atoms with E-state index in [0.29, 0.717) is 28.1 Å². The molecule has 3 nitrogen and oxygen atoms in total. The third-order valence-electron chi connectivity index (χ3n) is 3.95. The minimum absolute atomic E-state index is 0.551. The number of aromatic nitrogens is 1. The van der Waals surface area contributed by atoms with E-state index in [1.54, 1.807) is 25.4 Å². The van der Waals surface area contributed by atoms with Crippen LogP contribution in [0.1, 0.15) is 5.56 Å². The topological polar surface area (TPSA) is 34.1 Å². The van der Waals surface area contributed by atoms with Gasteiger partial charge >= 0.3 is 6.18 Å². The van der Waals surface area contributed by atoms with Gasteiger partial charge in [0.2, 0.25) is 0 Å². The molecule has 4 rings (SSSR count). The molecule has 0 bridgehead atoms. The quantitative estimate of drug-likeness (QED) is 0.600. The highest BCUT2D eigenvalue weighted by molar-refractivity contribution is 8.00. The number of alkyl halides is 3. The summed E-state index contributed by atoms with van der Waals surface area (Å²) in [5.41, 5.74) is 1.96. The molecule has 7 heteroatoms. The van der Waals surface area contributed by atoms with Crippen LogP contribution in [0.25, 0.3) is 22.0 Å². The molecular weight excluding hydrogens is 337 g/mol. The largest absolute Gasteiger partial charge is 0.496 e. The van der Waals surface area contributed by atoms with Gasteiger partial charge in [0.1, 0.15) is 5.75 Å². The van der Waals surface area contributed by atoms with Crippen molar-refractivity contribution in [2.45, 2.75) is 11.1 Å². The highest BCUT2D eigenvalue weighted by Gasteiger charge is 2.32. The van der Waals surface area contributed by atoms with Crippen molar-refractivity contribution in [3.63, 3.8) is 0 Å². The van der Waals surface area contributed by atoms with Crippen molar-refractivity contribution < 1.29 is 17.9 Å². The molecule has 2 heterocycles. The molecule has 1 N–H and O–H groups in total. The van der Waals surface area contributed by atoms with E-state index >= 15 is 0 Å². The number of methoxy groups -OCH3 is 1. The van der Waals surface area contributed by atoms with E-state index in [9.17, 15) is 13.2 Å². The number of benzene rings is 2. The minimum Gasteiger partial charge on any atom is -0.496 e. The van der Waals surface area contributed by atoms with Gasteiger partial charge in [-0.15, -0.1) is 0 Å². The number of hydrogen-bond donors (Lipinski definition) is 1. The number of hydrogen-bond acceptors (Lipinski definition) is 4. The van der Waals surface area contributed by atoms with Crippen LogP contribution in [0.3, 0.4) is 0 Å². The first-order chi connectivity index (χ1) is 11.5. The molecule has 0 unspecified atom stereocenters. The highest BCUT2D eigenvalue weighted by atomic mass is 32.2. The van der Waals surface area contributed by atoms with E-state index in [1.165, 1.54) is 24.1 Å². The molecule has 122 valence electrons. The Kier molecular flexibility index (Phi) is 3.35. The molecule has 1 aliphatic rings. The fourth-order valence-corrected chi connectivity index (χ4v) is 3.64. The van der Waals surface area contributed by atoms with Crippen molar-refractivity contribution in [3.05, 3.63) is 48.2 Å². The number of nitrogens with one attached hydrogen (secondary N) is 1. The van der Waals surface area contributed by atoms with Crippen LogP contribution in [0, 0.1) is 0 Å². The average Bonchev–Trinajstić information content (AvgIpc) is 2.59. The zero-order valence-corrected chi connectivity index (χ0v) is 13.3. The molecule has 2 aromatic carbocycles. The molecule has 0 saturated carbocycles. The lowest BCUT2D eigenvalue weighted by Crippen LogP contribution is -2.07. The molecule has 0 aliphatic carbocycles. The molecule has 0 amide bonds. The van der Waals surface area contributed by atoms with Crippen LogP contribution in [-0.2, 0) is 6.18 Å². The average molecular weight is 348 g/mol. The molecule has 0 radical (unpaired) electrons. The Bertz CT molecular complexity index is 956. The van der Waals surface area contributed by atoms with Crippen molar-refractivity contribution in [1.82, 2.24) is 4.98 Å². The summed E-state index contributed by atoms with van der Waals surface area (Å²) in [6, 6.07) is 9.15. The summed E-state index contributed by atoms with van der Waals surface area (Å²) in [7, 11) is 1.57. The Morgan fingerprint density at radius 2 is 1.92 bits per heavy atom. The third-order valence-corrected chi connectivity index (χ3v) is 4.84. The van der Waals surface area contributed by atoms with Crippen LogP contribution in [0.2, 0.25) is 0 Å². The van der Waals surface area contributed by atoms with Crippen LogP contribution >= 0.6 is 11.9 Å². The molecule has 1 aromatic heterocycles. The zero-order valence-electron chi connectivity index (χ0n) is 12.4. The number of anilines is 1. The molecule has 0 atom stereocenters. The standard InChI is InChI=1S/C17H11F3N2OS/c1-23-13-6-7-21-15-11(13)4-3-10-12-8-9(17(18,19)20)2-5-14(12)24-22-16(10)15/h2-8,22H,1H3. The Hall–Kier alpha value is -2.41. The first-order valence-corrected chi connectivity index (χ1v) is 7.91. The second-order valence-corrected chi connectivity index (χ2v) is 6.16. The molecule has 0 saturated heterocycles. The molecule has 1 aliphatic heterocycles. The van der Waals surface area contributed by atoms with E-state index < -0.39 is 11.7 Å². The number of nitrogens with zero attached hydrogens (tertiary/aromatic N) is 1. The van der Waals surface area contributed by atoms with Crippen LogP contribution in [0.5, 0.6) is 5.75 Å². The summed E-state index contributed by atoms with van der Waals surface area (Å²) in [6.07, 6.45) is -2.75. The molecule has 24 heavy (non-hydrogen) atoms. The van der Waals surface area contributed by atoms with Crippen molar-refractivity contribution in [2.75, 3.05) is 11.8 Å². The maximum Gasteiger partial charge on any atom is 0.416 e. The van der Waals surface area contributed by atoms with Gasteiger partial charge in [0.05, 0.1) is 23.9 Å². The van der Waals surface area contributed by atoms with Crippen molar-refractivity contribution in [1.29, 1.82) is 0 Å². The van der Waals surface area contributed by atoms with Crippen molar-refractivity contribution in [3.8, 4) is 16.9 Å². The summed E-state index contributed by atoms with van der Waals surface area (Å²) in [5, 5.41) is 0.808. The van der Waals surface area contributed by atoms with Gasteiger partial charge in [-0.3, -0.25) is 4.98 Å². The minimum atomic E-state index is -4.37. The molecule has 0 spiro atoms. The zero-order chi connectivity index (χ0) is 16.9. The summed E-state index contributed by atoms with van der Waals surface area (Å²) in [5.74, 6) is 0.671. The Morgan fingerprint density at radius 1 is 1.08 bits per heavy atom. The lowest BCUT2D eigenvalue weighted by atomic mass is 9.98. The van der Waals surface area contributed by atoms with Gasteiger partial charge in [-0.1, -0.05) is 6.07 Å². The molecule has 0 fully saturated rings. The van der Waals surface area contributed by atoms with Gasteiger partial charge in [-0.2, -0.15) is 13.2 Å². The summed E-state index contributed by atoms with van der Waals surface area (Å²) in [6.45, 7) is 0. The monoisotopic (exact) mass is 348 g/mol. The van der Waals surface area contributed by atoms with Crippen molar-refractivity contribution in [2.24, 2.45) is 0 Å². The number of ether oxygens (including phenoxy) is 1.